The second kappa shape index (κ2) is 7.35. The van der Waals surface area contributed by atoms with Crippen LogP contribution in [0.15, 0.2) is 18.2 Å². The van der Waals surface area contributed by atoms with Crippen LogP contribution in [0.2, 0.25) is 0 Å². The van der Waals surface area contributed by atoms with Gasteiger partial charge in [-0.2, -0.15) is 0 Å². The molecule has 2 atom stereocenters. The molecule has 0 radical (unpaired) electrons. The number of amides is 3. The number of methoxy groups -OCH3 is 1. The third-order valence-corrected chi connectivity index (χ3v) is 5.68. The van der Waals surface area contributed by atoms with Crippen LogP contribution in [0.5, 0.6) is 5.75 Å². The van der Waals surface area contributed by atoms with Gasteiger partial charge in [-0.25, -0.2) is 14.1 Å². The molecule has 1 N–H and O–H groups in total. The Morgan fingerprint density at radius 1 is 1.32 bits per heavy atom. The molecule has 28 heavy (non-hydrogen) atoms. The summed E-state index contributed by atoms with van der Waals surface area (Å²) in [6.45, 7) is 7.00. The van der Waals surface area contributed by atoms with Crippen molar-refractivity contribution in [1.29, 1.82) is 0 Å². The van der Waals surface area contributed by atoms with Crippen molar-refractivity contribution in [2.75, 3.05) is 20.8 Å². The molecule has 3 rings (SSSR count). The minimum atomic E-state index is -0.800. The van der Waals surface area contributed by atoms with Gasteiger partial charge < -0.3 is 10.1 Å². The number of nitrogens with zero attached hydrogens (tertiary/aromatic N) is 2. The molecule has 2 unspecified atom stereocenters. The first kappa shape index (κ1) is 20.6. The van der Waals surface area contributed by atoms with Gasteiger partial charge in [0.2, 0.25) is 0 Å². The number of carbonyl (C=O) groups excluding carboxylic acids is 2. The minimum absolute atomic E-state index is 0.00312. The molecular formula is C21H30FN3O3. The number of nitrogens with one attached hydrogen (secondary N) is 1. The molecule has 7 heteroatoms. The minimum Gasteiger partial charge on any atom is -0.494 e. The lowest BCUT2D eigenvalue weighted by atomic mass is 9.64. The number of urea groups is 1. The van der Waals surface area contributed by atoms with E-state index in [9.17, 15) is 14.0 Å². The highest BCUT2D eigenvalue weighted by molar-refractivity contribution is 6.07. The number of rotatable bonds is 5. The van der Waals surface area contributed by atoms with Crippen molar-refractivity contribution in [3.8, 4) is 5.75 Å². The predicted molar refractivity (Wildman–Crippen MR) is 104 cm³/mol. The number of hydrogen-bond acceptors (Lipinski definition) is 4. The van der Waals surface area contributed by atoms with E-state index in [-0.39, 0.29) is 29.8 Å². The van der Waals surface area contributed by atoms with Crippen LogP contribution in [-0.4, -0.2) is 48.1 Å². The highest BCUT2D eigenvalue weighted by Gasteiger charge is 2.56. The van der Waals surface area contributed by atoms with Gasteiger partial charge in [-0.05, 0) is 55.3 Å². The Hall–Kier alpha value is -2.15. The summed E-state index contributed by atoms with van der Waals surface area (Å²) >= 11 is 0. The fraction of sp³-hybridized carbons (Fsp3) is 0.619. The standard InChI is InChI=1S/C21H30FN3O3/c1-14-9-20(2,3)12-21(10-14)18(26)25(19(27)23-21)13-24(4)11-15-6-7-17(28-5)16(22)8-15/h6-8,14H,9-13H2,1-5H3,(H,23,27). The average Bonchev–Trinajstić information content (AvgIpc) is 2.76. The van der Waals surface area contributed by atoms with Gasteiger partial charge in [0.05, 0.1) is 13.8 Å². The van der Waals surface area contributed by atoms with Crippen LogP contribution >= 0.6 is 0 Å². The fourth-order valence-corrected chi connectivity index (χ4v) is 5.05. The molecule has 2 fully saturated rings. The van der Waals surface area contributed by atoms with Crippen LogP contribution in [0.25, 0.3) is 0 Å². The van der Waals surface area contributed by atoms with E-state index < -0.39 is 11.4 Å². The molecule has 1 aliphatic carbocycles. The van der Waals surface area contributed by atoms with Crippen molar-refractivity contribution in [3.63, 3.8) is 0 Å². The van der Waals surface area contributed by atoms with Crippen molar-refractivity contribution in [2.45, 2.75) is 52.1 Å². The summed E-state index contributed by atoms with van der Waals surface area (Å²) in [7, 11) is 3.23. The Morgan fingerprint density at radius 2 is 2.04 bits per heavy atom. The van der Waals surface area contributed by atoms with Crippen LogP contribution in [0, 0.1) is 17.2 Å². The van der Waals surface area contributed by atoms with Gasteiger partial charge in [-0.15, -0.1) is 0 Å². The van der Waals surface area contributed by atoms with E-state index in [2.05, 4.69) is 26.1 Å². The molecule has 1 saturated heterocycles. The SMILES string of the molecule is COc1ccc(CN(C)CN2C(=O)NC3(CC(C)CC(C)(C)C3)C2=O)cc1F. The van der Waals surface area contributed by atoms with Crippen LogP contribution in [0.3, 0.4) is 0 Å². The first-order valence-electron chi connectivity index (χ1n) is 9.70. The molecule has 1 spiro atoms. The zero-order valence-electron chi connectivity index (χ0n) is 17.3. The van der Waals surface area contributed by atoms with Crippen LogP contribution in [0.1, 0.15) is 45.6 Å². The summed E-state index contributed by atoms with van der Waals surface area (Å²) in [5.41, 5.74) is -0.0518. The summed E-state index contributed by atoms with van der Waals surface area (Å²) in [5, 5.41) is 2.98. The van der Waals surface area contributed by atoms with Crippen molar-refractivity contribution >= 4 is 11.9 Å². The molecule has 1 saturated carbocycles. The summed E-state index contributed by atoms with van der Waals surface area (Å²) in [4.78, 5) is 28.9. The normalized spacial score (nSPS) is 26.8. The number of imide groups is 1. The van der Waals surface area contributed by atoms with Crippen molar-refractivity contribution in [3.05, 3.63) is 29.6 Å². The van der Waals surface area contributed by atoms with E-state index >= 15 is 0 Å². The van der Waals surface area contributed by atoms with Crippen LogP contribution in [-0.2, 0) is 11.3 Å². The van der Waals surface area contributed by atoms with E-state index in [1.165, 1.54) is 18.1 Å². The highest BCUT2D eigenvalue weighted by atomic mass is 19.1. The zero-order valence-corrected chi connectivity index (χ0v) is 17.3. The molecule has 0 bridgehead atoms. The number of halogens is 1. The van der Waals surface area contributed by atoms with E-state index in [4.69, 9.17) is 4.74 Å². The number of ether oxygens (including phenoxy) is 1. The molecule has 0 aromatic heterocycles. The van der Waals surface area contributed by atoms with Crippen LogP contribution < -0.4 is 10.1 Å². The molecule has 1 aromatic rings. The van der Waals surface area contributed by atoms with E-state index in [0.29, 0.717) is 25.3 Å². The zero-order chi connectivity index (χ0) is 20.7. The molecule has 1 aromatic carbocycles. The topological polar surface area (TPSA) is 61.9 Å². The van der Waals surface area contributed by atoms with E-state index in [1.807, 2.05) is 4.90 Å². The summed E-state index contributed by atoms with van der Waals surface area (Å²) in [6.07, 6.45) is 2.37. The molecule has 2 aliphatic rings. The Morgan fingerprint density at radius 3 is 2.64 bits per heavy atom. The van der Waals surface area contributed by atoms with Gasteiger partial charge in [0.1, 0.15) is 5.54 Å². The quantitative estimate of drug-likeness (QED) is 0.782. The van der Waals surface area contributed by atoms with Gasteiger partial charge in [0.15, 0.2) is 11.6 Å². The number of benzene rings is 1. The summed E-state index contributed by atoms with van der Waals surface area (Å²) in [6, 6.07) is 4.42. The number of hydrogen-bond donors (Lipinski definition) is 1. The summed E-state index contributed by atoms with van der Waals surface area (Å²) in [5.74, 6) is -0.0184. The molecule has 1 aliphatic heterocycles. The maximum absolute atomic E-state index is 13.9. The second-order valence-electron chi connectivity index (χ2n) is 9.22. The maximum Gasteiger partial charge on any atom is 0.326 e. The molecule has 3 amide bonds. The first-order chi connectivity index (χ1) is 13.0. The first-order valence-corrected chi connectivity index (χ1v) is 9.70. The fourth-order valence-electron chi connectivity index (χ4n) is 5.05. The molecule has 154 valence electrons. The van der Waals surface area contributed by atoms with Crippen molar-refractivity contribution in [2.24, 2.45) is 11.3 Å². The summed E-state index contributed by atoms with van der Waals surface area (Å²) < 4.78 is 18.8. The second-order valence-corrected chi connectivity index (χ2v) is 9.22. The van der Waals surface area contributed by atoms with Crippen molar-refractivity contribution < 1.29 is 18.7 Å². The lowest BCUT2D eigenvalue weighted by Crippen LogP contribution is -2.54. The monoisotopic (exact) mass is 391 g/mol. The maximum atomic E-state index is 13.9. The third kappa shape index (κ3) is 3.99. The van der Waals surface area contributed by atoms with Gasteiger partial charge >= 0.3 is 6.03 Å². The van der Waals surface area contributed by atoms with Gasteiger partial charge in [0.25, 0.3) is 5.91 Å². The number of carbonyl (C=O) groups is 2. The van der Waals surface area contributed by atoms with E-state index in [0.717, 1.165) is 12.0 Å². The smallest absolute Gasteiger partial charge is 0.326 e. The lowest BCUT2D eigenvalue weighted by molar-refractivity contribution is -0.136. The Labute approximate surface area is 166 Å². The van der Waals surface area contributed by atoms with E-state index in [1.54, 1.807) is 19.2 Å². The Balaban J connectivity index is 1.69. The third-order valence-electron chi connectivity index (χ3n) is 5.68. The Kier molecular flexibility index (Phi) is 5.40. The lowest BCUT2D eigenvalue weighted by Gasteiger charge is -2.43. The van der Waals surface area contributed by atoms with Gasteiger partial charge in [-0.3, -0.25) is 9.69 Å². The molecule has 6 nitrogen and oxygen atoms in total. The largest absolute Gasteiger partial charge is 0.494 e. The molecular weight excluding hydrogens is 361 g/mol. The van der Waals surface area contributed by atoms with Gasteiger partial charge in [0, 0.05) is 6.54 Å². The van der Waals surface area contributed by atoms with Crippen LogP contribution in [0.4, 0.5) is 9.18 Å². The highest BCUT2D eigenvalue weighted by Crippen LogP contribution is 2.46. The predicted octanol–water partition coefficient (Wildman–Crippen LogP) is 3.36. The van der Waals surface area contributed by atoms with Gasteiger partial charge in [-0.1, -0.05) is 26.8 Å². The Bertz CT molecular complexity index is 782. The average molecular weight is 391 g/mol. The van der Waals surface area contributed by atoms with Crippen molar-refractivity contribution in [1.82, 2.24) is 15.1 Å². The molecule has 1 heterocycles.